The van der Waals surface area contributed by atoms with Crippen LogP contribution in [0.1, 0.15) is 24.1 Å². The van der Waals surface area contributed by atoms with Crippen LogP contribution in [0.4, 0.5) is 0 Å². The zero-order valence-corrected chi connectivity index (χ0v) is 17.7. The summed E-state index contributed by atoms with van der Waals surface area (Å²) in [4.78, 5) is 37.7. The Morgan fingerprint density at radius 3 is 2.45 bits per heavy atom. The maximum absolute atomic E-state index is 12.8. The molecule has 8 heteroatoms. The number of aromatic nitrogens is 2. The van der Waals surface area contributed by atoms with Gasteiger partial charge < -0.3 is 14.8 Å². The van der Waals surface area contributed by atoms with Crippen molar-refractivity contribution in [1.82, 2.24) is 14.5 Å². The molecule has 0 radical (unpaired) electrons. The van der Waals surface area contributed by atoms with E-state index in [9.17, 15) is 14.4 Å². The van der Waals surface area contributed by atoms with Crippen molar-refractivity contribution in [2.45, 2.75) is 26.1 Å². The average Bonchev–Trinajstić information content (AvgIpc) is 2.78. The second-order valence-corrected chi connectivity index (χ2v) is 7.03. The SMILES string of the molecule is COc1ccc(OC)c([C@H](C)NC(=O)Cn2c(=O)ccn(Cc3ccccc3)c2=O)c1. The molecule has 162 valence electrons. The first kappa shape index (κ1) is 21.9. The van der Waals surface area contributed by atoms with E-state index in [0.29, 0.717) is 18.0 Å². The van der Waals surface area contributed by atoms with Crippen LogP contribution in [-0.4, -0.2) is 29.3 Å². The smallest absolute Gasteiger partial charge is 0.331 e. The Balaban J connectivity index is 1.78. The normalized spacial score (nSPS) is 11.6. The highest BCUT2D eigenvalue weighted by Crippen LogP contribution is 2.29. The third-order valence-electron chi connectivity index (χ3n) is 4.92. The lowest BCUT2D eigenvalue weighted by Gasteiger charge is -2.18. The molecule has 31 heavy (non-hydrogen) atoms. The number of nitrogens with zero attached hydrogens (tertiary/aromatic N) is 2. The molecule has 8 nitrogen and oxygen atoms in total. The van der Waals surface area contributed by atoms with Crippen LogP contribution in [0.25, 0.3) is 0 Å². The summed E-state index contributed by atoms with van der Waals surface area (Å²) in [6, 6.07) is 15.5. The van der Waals surface area contributed by atoms with Crippen LogP contribution >= 0.6 is 0 Å². The van der Waals surface area contributed by atoms with Gasteiger partial charge in [-0.05, 0) is 30.7 Å². The molecule has 0 aliphatic heterocycles. The molecule has 0 aliphatic carbocycles. The second kappa shape index (κ2) is 9.80. The predicted molar refractivity (Wildman–Crippen MR) is 117 cm³/mol. The fourth-order valence-electron chi connectivity index (χ4n) is 3.29. The summed E-state index contributed by atoms with van der Waals surface area (Å²) in [7, 11) is 3.09. The molecular weight excluding hydrogens is 398 g/mol. The Labute approximate surface area is 179 Å². The molecule has 3 aromatic rings. The van der Waals surface area contributed by atoms with Gasteiger partial charge in [0, 0.05) is 17.8 Å². The number of amides is 1. The molecular formula is C23H25N3O5. The summed E-state index contributed by atoms with van der Waals surface area (Å²) >= 11 is 0. The first-order valence-corrected chi connectivity index (χ1v) is 9.78. The standard InChI is InChI=1S/C23H25N3O5/c1-16(19-13-18(30-2)9-10-20(19)31-3)24-21(27)15-26-22(28)11-12-25(23(26)29)14-17-7-5-4-6-8-17/h4-13,16H,14-15H2,1-3H3,(H,24,27)/t16-/m0/s1. The van der Waals surface area contributed by atoms with E-state index in [1.54, 1.807) is 39.3 Å². The molecule has 1 atom stereocenters. The molecule has 2 aromatic carbocycles. The van der Waals surface area contributed by atoms with Crippen molar-refractivity contribution in [2.75, 3.05) is 14.2 Å². The van der Waals surface area contributed by atoms with E-state index < -0.39 is 23.2 Å². The minimum absolute atomic E-state index is 0.305. The highest BCUT2D eigenvalue weighted by Gasteiger charge is 2.17. The molecule has 1 heterocycles. The number of benzene rings is 2. The van der Waals surface area contributed by atoms with Crippen LogP contribution in [0.5, 0.6) is 11.5 Å². The van der Waals surface area contributed by atoms with Crippen molar-refractivity contribution < 1.29 is 14.3 Å². The molecule has 1 aromatic heterocycles. The molecule has 0 saturated heterocycles. The Bertz CT molecular complexity index is 1170. The Morgan fingerprint density at radius 2 is 1.77 bits per heavy atom. The lowest BCUT2D eigenvalue weighted by molar-refractivity contribution is -0.122. The Hall–Kier alpha value is -3.81. The van der Waals surface area contributed by atoms with Gasteiger partial charge in [0.25, 0.3) is 5.56 Å². The topological polar surface area (TPSA) is 91.6 Å². The monoisotopic (exact) mass is 423 g/mol. The van der Waals surface area contributed by atoms with E-state index in [1.165, 1.54) is 16.8 Å². The van der Waals surface area contributed by atoms with Gasteiger partial charge >= 0.3 is 5.69 Å². The highest BCUT2D eigenvalue weighted by molar-refractivity contribution is 5.76. The van der Waals surface area contributed by atoms with Crippen molar-refractivity contribution in [3.63, 3.8) is 0 Å². The lowest BCUT2D eigenvalue weighted by Crippen LogP contribution is -2.43. The van der Waals surface area contributed by atoms with Gasteiger partial charge in [0.15, 0.2) is 0 Å². The predicted octanol–water partition coefficient (Wildman–Crippen LogP) is 1.95. The molecule has 0 spiro atoms. The van der Waals surface area contributed by atoms with Gasteiger partial charge in [-0.3, -0.25) is 18.7 Å². The minimum atomic E-state index is -0.543. The highest BCUT2D eigenvalue weighted by atomic mass is 16.5. The number of nitrogens with one attached hydrogen (secondary N) is 1. The number of carbonyl (C=O) groups is 1. The first-order valence-electron chi connectivity index (χ1n) is 9.78. The van der Waals surface area contributed by atoms with Gasteiger partial charge in [0.1, 0.15) is 18.0 Å². The second-order valence-electron chi connectivity index (χ2n) is 7.03. The largest absolute Gasteiger partial charge is 0.497 e. The van der Waals surface area contributed by atoms with E-state index in [1.807, 2.05) is 30.3 Å². The summed E-state index contributed by atoms with van der Waals surface area (Å²) in [6.45, 7) is 1.71. The number of hydrogen-bond acceptors (Lipinski definition) is 5. The summed E-state index contributed by atoms with van der Waals surface area (Å²) in [5.74, 6) is 0.754. The Morgan fingerprint density at radius 1 is 1.03 bits per heavy atom. The van der Waals surface area contributed by atoms with Crippen LogP contribution in [0.15, 0.2) is 70.4 Å². The summed E-state index contributed by atoms with van der Waals surface area (Å²) < 4.78 is 12.9. The van der Waals surface area contributed by atoms with E-state index in [0.717, 1.165) is 15.7 Å². The van der Waals surface area contributed by atoms with E-state index in [4.69, 9.17) is 9.47 Å². The number of methoxy groups -OCH3 is 2. The third kappa shape index (κ3) is 5.22. The van der Waals surface area contributed by atoms with Crippen molar-refractivity contribution in [1.29, 1.82) is 0 Å². The molecule has 0 fully saturated rings. The molecule has 3 rings (SSSR count). The number of hydrogen-bond donors (Lipinski definition) is 1. The zero-order valence-electron chi connectivity index (χ0n) is 17.7. The van der Waals surface area contributed by atoms with Gasteiger partial charge in [0.05, 0.1) is 26.8 Å². The number of rotatable bonds is 8. The van der Waals surface area contributed by atoms with Gasteiger partial charge in [-0.25, -0.2) is 4.79 Å². The summed E-state index contributed by atoms with van der Waals surface area (Å²) in [5.41, 5.74) is 0.560. The number of ether oxygens (including phenoxy) is 2. The maximum Gasteiger partial charge on any atom is 0.331 e. The summed E-state index contributed by atoms with van der Waals surface area (Å²) in [5, 5.41) is 2.81. The lowest BCUT2D eigenvalue weighted by atomic mass is 10.1. The fourth-order valence-corrected chi connectivity index (χ4v) is 3.29. The van der Waals surface area contributed by atoms with Gasteiger partial charge in [-0.15, -0.1) is 0 Å². The van der Waals surface area contributed by atoms with Gasteiger partial charge in [-0.2, -0.15) is 0 Å². The molecule has 1 N–H and O–H groups in total. The van der Waals surface area contributed by atoms with E-state index in [-0.39, 0.29) is 6.54 Å². The third-order valence-corrected chi connectivity index (χ3v) is 4.92. The quantitative estimate of drug-likeness (QED) is 0.598. The van der Waals surface area contributed by atoms with Crippen LogP contribution in [0.2, 0.25) is 0 Å². The van der Waals surface area contributed by atoms with Crippen LogP contribution in [-0.2, 0) is 17.9 Å². The fraction of sp³-hybridized carbons (Fsp3) is 0.261. The molecule has 0 saturated carbocycles. The molecule has 0 bridgehead atoms. The van der Waals surface area contributed by atoms with Crippen molar-refractivity contribution >= 4 is 5.91 Å². The number of carbonyl (C=O) groups excluding carboxylic acids is 1. The van der Waals surface area contributed by atoms with Crippen molar-refractivity contribution in [2.24, 2.45) is 0 Å². The molecule has 0 aliphatic rings. The average molecular weight is 423 g/mol. The van der Waals surface area contributed by atoms with E-state index in [2.05, 4.69) is 5.32 Å². The molecule has 1 amide bonds. The van der Waals surface area contributed by atoms with Gasteiger partial charge in [-0.1, -0.05) is 30.3 Å². The molecule has 0 unspecified atom stereocenters. The van der Waals surface area contributed by atoms with E-state index >= 15 is 0 Å². The minimum Gasteiger partial charge on any atom is -0.497 e. The van der Waals surface area contributed by atoms with Crippen molar-refractivity contribution in [3.8, 4) is 11.5 Å². The van der Waals surface area contributed by atoms with Crippen molar-refractivity contribution in [3.05, 3.63) is 92.8 Å². The Kier molecular flexibility index (Phi) is 6.92. The first-order chi connectivity index (χ1) is 14.9. The van der Waals surface area contributed by atoms with Gasteiger partial charge in [0.2, 0.25) is 5.91 Å². The van der Waals surface area contributed by atoms with Crippen LogP contribution in [0.3, 0.4) is 0 Å². The van der Waals surface area contributed by atoms with Crippen LogP contribution in [0, 0.1) is 0 Å². The zero-order chi connectivity index (χ0) is 22.4. The maximum atomic E-state index is 12.8. The van der Waals surface area contributed by atoms with Crippen LogP contribution < -0.4 is 26.0 Å². The summed E-state index contributed by atoms with van der Waals surface area (Å²) in [6.07, 6.45) is 1.44.